The van der Waals surface area contributed by atoms with E-state index < -0.39 is 0 Å². The summed E-state index contributed by atoms with van der Waals surface area (Å²) in [6.07, 6.45) is 0.879. The number of piperazine rings is 1. The van der Waals surface area contributed by atoms with Crippen LogP contribution in [0.5, 0.6) is 0 Å². The van der Waals surface area contributed by atoms with E-state index in [1.54, 1.807) is 4.90 Å². The number of hydrogen-bond acceptors (Lipinski definition) is 6. The maximum atomic E-state index is 7.54. The SMILES string of the molecule is CN1CCN(c2ccc(-c3noc([C@@H]4CCN4C(=N)N)n3)cc2)CC1.Cl. The van der Waals surface area contributed by atoms with Gasteiger partial charge in [0.2, 0.25) is 11.7 Å². The Morgan fingerprint density at radius 2 is 1.85 bits per heavy atom. The van der Waals surface area contributed by atoms with Gasteiger partial charge in [-0.05, 0) is 37.7 Å². The number of nitrogens with zero attached hydrogens (tertiary/aromatic N) is 5. The van der Waals surface area contributed by atoms with Crippen molar-refractivity contribution in [3.05, 3.63) is 30.2 Å². The summed E-state index contributed by atoms with van der Waals surface area (Å²) in [5.41, 5.74) is 7.71. The predicted molar refractivity (Wildman–Crippen MR) is 103 cm³/mol. The largest absolute Gasteiger partial charge is 0.370 e. The summed E-state index contributed by atoms with van der Waals surface area (Å²) in [4.78, 5) is 11.0. The van der Waals surface area contributed by atoms with Gasteiger partial charge in [0, 0.05) is 44.0 Å². The van der Waals surface area contributed by atoms with Gasteiger partial charge in [0.15, 0.2) is 5.96 Å². The highest BCUT2D eigenvalue weighted by Crippen LogP contribution is 2.32. The van der Waals surface area contributed by atoms with Crippen molar-refractivity contribution in [2.45, 2.75) is 12.5 Å². The molecule has 3 heterocycles. The molecule has 2 aliphatic rings. The third-order valence-corrected chi connectivity index (χ3v) is 5.05. The first-order valence-corrected chi connectivity index (χ1v) is 8.60. The molecule has 26 heavy (non-hydrogen) atoms. The highest BCUT2D eigenvalue weighted by atomic mass is 35.5. The molecule has 2 aromatic rings. The number of halogens is 1. The summed E-state index contributed by atoms with van der Waals surface area (Å²) in [5, 5.41) is 11.6. The van der Waals surface area contributed by atoms with Crippen LogP contribution in [0.15, 0.2) is 28.8 Å². The molecule has 1 aromatic carbocycles. The molecule has 0 radical (unpaired) electrons. The number of aromatic nitrogens is 2. The molecule has 9 heteroatoms. The van der Waals surface area contributed by atoms with Gasteiger partial charge in [-0.2, -0.15) is 4.98 Å². The van der Waals surface area contributed by atoms with Gasteiger partial charge >= 0.3 is 0 Å². The third-order valence-electron chi connectivity index (χ3n) is 5.05. The van der Waals surface area contributed by atoms with E-state index in [9.17, 15) is 0 Å². The molecule has 0 spiro atoms. The first-order chi connectivity index (χ1) is 12.1. The molecule has 2 aliphatic heterocycles. The van der Waals surface area contributed by atoms with Crippen molar-refractivity contribution in [2.24, 2.45) is 5.73 Å². The van der Waals surface area contributed by atoms with Gasteiger partial charge in [0.1, 0.15) is 6.04 Å². The maximum absolute atomic E-state index is 7.54. The zero-order valence-corrected chi connectivity index (χ0v) is 15.6. The molecule has 0 saturated carbocycles. The number of nitrogens with one attached hydrogen (secondary N) is 1. The summed E-state index contributed by atoms with van der Waals surface area (Å²) in [6, 6.07) is 8.23. The lowest BCUT2D eigenvalue weighted by Crippen LogP contribution is -2.48. The molecular weight excluding hydrogens is 354 g/mol. The molecule has 8 nitrogen and oxygen atoms in total. The number of anilines is 1. The zero-order valence-electron chi connectivity index (χ0n) is 14.8. The number of nitrogens with two attached hydrogens (primary N) is 1. The van der Waals surface area contributed by atoms with E-state index in [0.29, 0.717) is 11.7 Å². The smallest absolute Gasteiger partial charge is 0.249 e. The quantitative estimate of drug-likeness (QED) is 0.618. The van der Waals surface area contributed by atoms with Crippen LogP contribution in [0.25, 0.3) is 11.4 Å². The van der Waals surface area contributed by atoms with Crippen molar-refractivity contribution < 1.29 is 4.52 Å². The van der Waals surface area contributed by atoms with Crippen LogP contribution >= 0.6 is 12.4 Å². The molecule has 4 rings (SSSR count). The standard InChI is InChI=1S/C17H23N7O.ClH/c1-22-8-10-23(11-9-22)13-4-2-12(3-5-13)15-20-16(25-21-15)14-6-7-24(14)17(18)19;/h2-5,14H,6-11H2,1H3,(H3,18,19);1H/t14-;/m0./s1. The van der Waals surface area contributed by atoms with Crippen LogP contribution in [0.4, 0.5) is 5.69 Å². The first kappa shape index (κ1) is 18.5. The van der Waals surface area contributed by atoms with Gasteiger partial charge in [-0.3, -0.25) is 5.41 Å². The van der Waals surface area contributed by atoms with E-state index in [4.69, 9.17) is 15.7 Å². The monoisotopic (exact) mass is 377 g/mol. The molecule has 0 amide bonds. The van der Waals surface area contributed by atoms with E-state index in [0.717, 1.165) is 44.7 Å². The van der Waals surface area contributed by atoms with Crippen LogP contribution in [-0.4, -0.2) is 65.7 Å². The van der Waals surface area contributed by atoms with Crippen LogP contribution in [0.1, 0.15) is 18.4 Å². The van der Waals surface area contributed by atoms with E-state index in [2.05, 4.69) is 39.1 Å². The number of hydrogen-bond donors (Lipinski definition) is 2. The topological polar surface area (TPSA) is 98.5 Å². The van der Waals surface area contributed by atoms with Crippen LogP contribution < -0.4 is 10.6 Å². The lowest BCUT2D eigenvalue weighted by atomic mass is 10.0. The second-order valence-corrected chi connectivity index (χ2v) is 6.68. The van der Waals surface area contributed by atoms with Gasteiger partial charge in [0.25, 0.3) is 0 Å². The number of guanidine groups is 1. The third kappa shape index (κ3) is 3.47. The summed E-state index contributed by atoms with van der Waals surface area (Å²) in [5.74, 6) is 1.16. The van der Waals surface area contributed by atoms with Gasteiger partial charge in [-0.15, -0.1) is 12.4 Å². The Bertz CT molecular complexity index is 755. The fourth-order valence-electron chi connectivity index (χ4n) is 3.31. The molecule has 1 aromatic heterocycles. The number of likely N-dealkylation sites (tertiary alicyclic amines) is 1. The molecule has 0 unspecified atom stereocenters. The number of benzene rings is 1. The fraction of sp³-hybridized carbons (Fsp3) is 0.471. The van der Waals surface area contributed by atoms with Crippen molar-refractivity contribution >= 4 is 24.1 Å². The van der Waals surface area contributed by atoms with E-state index >= 15 is 0 Å². The van der Waals surface area contributed by atoms with Crippen molar-refractivity contribution in [1.82, 2.24) is 19.9 Å². The minimum Gasteiger partial charge on any atom is -0.370 e. The fourth-order valence-corrected chi connectivity index (χ4v) is 3.31. The van der Waals surface area contributed by atoms with Crippen LogP contribution in [-0.2, 0) is 0 Å². The molecule has 0 bridgehead atoms. The summed E-state index contributed by atoms with van der Waals surface area (Å²) >= 11 is 0. The molecular formula is C17H24ClN7O. The molecule has 2 saturated heterocycles. The highest BCUT2D eigenvalue weighted by molar-refractivity contribution is 5.85. The summed E-state index contributed by atoms with van der Waals surface area (Å²) < 4.78 is 5.39. The lowest BCUT2D eigenvalue weighted by molar-refractivity contribution is 0.141. The number of rotatable bonds is 3. The van der Waals surface area contributed by atoms with Gasteiger partial charge < -0.3 is 25.0 Å². The zero-order chi connectivity index (χ0) is 17.4. The van der Waals surface area contributed by atoms with Crippen LogP contribution in [0.3, 0.4) is 0 Å². The van der Waals surface area contributed by atoms with Gasteiger partial charge in [0.05, 0.1) is 0 Å². The second kappa shape index (κ2) is 7.51. The predicted octanol–water partition coefficient (Wildman–Crippen LogP) is 1.55. The van der Waals surface area contributed by atoms with E-state index in [1.807, 2.05) is 12.1 Å². The maximum Gasteiger partial charge on any atom is 0.249 e. The van der Waals surface area contributed by atoms with E-state index in [1.165, 1.54) is 5.69 Å². The average Bonchev–Trinajstić information content (AvgIpc) is 3.03. The van der Waals surface area contributed by atoms with Gasteiger partial charge in [-0.1, -0.05) is 5.16 Å². The Morgan fingerprint density at radius 1 is 1.15 bits per heavy atom. The Labute approximate surface area is 158 Å². The minimum atomic E-state index is -0.0663. The van der Waals surface area contributed by atoms with Crippen LogP contribution in [0.2, 0.25) is 0 Å². The highest BCUT2D eigenvalue weighted by Gasteiger charge is 2.35. The van der Waals surface area contributed by atoms with Crippen molar-refractivity contribution in [2.75, 3.05) is 44.7 Å². The van der Waals surface area contributed by atoms with Crippen molar-refractivity contribution in [3.8, 4) is 11.4 Å². The lowest BCUT2D eigenvalue weighted by Gasteiger charge is -2.38. The Morgan fingerprint density at radius 3 is 2.42 bits per heavy atom. The molecule has 0 aliphatic carbocycles. The molecule has 140 valence electrons. The molecule has 1 atom stereocenters. The van der Waals surface area contributed by atoms with Gasteiger partial charge in [-0.25, -0.2) is 0 Å². The first-order valence-electron chi connectivity index (χ1n) is 8.60. The summed E-state index contributed by atoms with van der Waals surface area (Å²) in [7, 11) is 2.16. The van der Waals surface area contributed by atoms with Crippen molar-refractivity contribution in [3.63, 3.8) is 0 Å². The van der Waals surface area contributed by atoms with Crippen LogP contribution in [0, 0.1) is 5.41 Å². The Balaban J connectivity index is 0.00000196. The normalized spacial score (nSPS) is 20.4. The van der Waals surface area contributed by atoms with Crippen molar-refractivity contribution in [1.29, 1.82) is 5.41 Å². The molecule has 2 fully saturated rings. The minimum absolute atomic E-state index is 0. The second-order valence-electron chi connectivity index (χ2n) is 6.68. The Hall–Kier alpha value is -2.32. The average molecular weight is 378 g/mol. The van der Waals surface area contributed by atoms with E-state index in [-0.39, 0.29) is 24.4 Å². The number of likely N-dealkylation sites (N-methyl/N-ethyl adjacent to an activating group) is 1. The summed E-state index contributed by atoms with van der Waals surface area (Å²) in [6.45, 7) is 5.03. The molecule has 3 N–H and O–H groups in total. The Kier molecular flexibility index (Phi) is 5.33.